The second-order valence-electron chi connectivity index (χ2n) is 3.91. The molecule has 1 fully saturated rings. The summed E-state index contributed by atoms with van der Waals surface area (Å²) in [6.45, 7) is 3.57. The van der Waals surface area contributed by atoms with Gasteiger partial charge in [-0.1, -0.05) is 0 Å². The monoisotopic (exact) mass is 209 g/mol. The fourth-order valence-electron chi connectivity index (χ4n) is 1.55. The molecule has 1 atom stereocenters. The van der Waals surface area contributed by atoms with E-state index in [2.05, 4.69) is 22.2 Å². The molecule has 1 aliphatic rings. The molecule has 2 rings (SSSR count). The Kier molecular flexibility index (Phi) is 2.73. The first-order chi connectivity index (χ1) is 7.22. The summed E-state index contributed by atoms with van der Waals surface area (Å²) in [6.07, 6.45) is 2.64. The molecule has 0 aromatic carbocycles. The second kappa shape index (κ2) is 4.02. The lowest BCUT2D eigenvalue weighted by Gasteiger charge is -2.23. The number of methoxy groups -OCH3 is 1. The lowest BCUT2D eigenvalue weighted by Crippen LogP contribution is -2.35. The summed E-state index contributed by atoms with van der Waals surface area (Å²) in [6, 6.07) is 1.72. The first kappa shape index (κ1) is 10.2. The van der Waals surface area contributed by atoms with Crippen LogP contribution in [0.3, 0.4) is 0 Å². The summed E-state index contributed by atoms with van der Waals surface area (Å²) >= 11 is 0. The molecular weight excluding hydrogens is 194 g/mol. The first-order valence-corrected chi connectivity index (χ1v) is 4.95. The molecule has 1 saturated heterocycles. The van der Waals surface area contributed by atoms with Gasteiger partial charge in [-0.05, 0) is 13.3 Å². The van der Waals surface area contributed by atoms with E-state index in [4.69, 9.17) is 9.47 Å². The molecule has 2 heterocycles. The van der Waals surface area contributed by atoms with Gasteiger partial charge in [0, 0.05) is 18.9 Å². The average Bonchev–Trinajstić information content (AvgIpc) is 2.65. The van der Waals surface area contributed by atoms with Gasteiger partial charge in [0.25, 0.3) is 0 Å². The summed E-state index contributed by atoms with van der Waals surface area (Å²) < 4.78 is 10.4. The first-order valence-electron chi connectivity index (χ1n) is 4.95. The van der Waals surface area contributed by atoms with Crippen LogP contribution in [0.5, 0.6) is 5.88 Å². The van der Waals surface area contributed by atoms with Crippen LogP contribution >= 0.6 is 0 Å². The molecule has 1 aliphatic heterocycles. The van der Waals surface area contributed by atoms with Gasteiger partial charge in [-0.25, -0.2) is 4.98 Å². The molecule has 0 amide bonds. The number of ether oxygens (including phenoxy) is 2. The van der Waals surface area contributed by atoms with Gasteiger partial charge in [0.15, 0.2) is 0 Å². The Bertz CT molecular complexity index is 337. The summed E-state index contributed by atoms with van der Waals surface area (Å²) in [5, 5.41) is 3.26. The van der Waals surface area contributed by atoms with Crippen molar-refractivity contribution in [3.8, 4) is 5.88 Å². The molecule has 0 aliphatic carbocycles. The molecule has 0 bridgehead atoms. The molecular formula is C10H15N3O2. The number of aromatic nitrogens is 2. The Labute approximate surface area is 88.8 Å². The van der Waals surface area contributed by atoms with Gasteiger partial charge in [0.1, 0.15) is 0 Å². The highest BCUT2D eigenvalue weighted by atomic mass is 16.5. The Morgan fingerprint density at radius 1 is 1.60 bits per heavy atom. The normalized spacial score (nSPS) is 25.2. The molecule has 5 nitrogen and oxygen atoms in total. The smallest absolute Gasteiger partial charge is 0.226 e. The van der Waals surface area contributed by atoms with Gasteiger partial charge in [0.05, 0.1) is 19.3 Å². The van der Waals surface area contributed by atoms with Gasteiger partial charge in [-0.2, -0.15) is 4.98 Å². The molecule has 0 saturated carbocycles. The number of hydrogen-bond acceptors (Lipinski definition) is 5. The van der Waals surface area contributed by atoms with Crippen molar-refractivity contribution in [2.75, 3.05) is 25.6 Å². The molecule has 1 aromatic heterocycles. The summed E-state index contributed by atoms with van der Waals surface area (Å²) in [7, 11) is 1.59. The zero-order valence-electron chi connectivity index (χ0n) is 8.99. The highest BCUT2D eigenvalue weighted by molar-refractivity contribution is 5.31. The van der Waals surface area contributed by atoms with Crippen molar-refractivity contribution in [2.45, 2.75) is 18.9 Å². The third-order valence-electron chi connectivity index (χ3n) is 2.47. The minimum absolute atomic E-state index is 0.0631. The standard InChI is InChI=1S/C10H15N3O2/c1-10(4-6-15-7-10)13-9-11-5-3-8(12-9)14-2/h3,5H,4,6-7H2,1-2H3,(H,11,12,13). The molecule has 0 radical (unpaired) electrons. The highest BCUT2D eigenvalue weighted by Crippen LogP contribution is 2.22. The predicted molar refractivity (Wildman–Crippen MR) is 56.0 cm³/mol. The lowest BCUT2D eigenvalue weighted by molar-refractivity contribution is 0.185. The maximum atomic E-state index is 5.34. The Morgan fingerprint density at radius 3 is 3.13 bits per heavy atom. The van der Waals surface area contributed by atoms with E-state index in [1.54, 1.807) is 19.4 Å². The van der Waals surface area contributed by atoms with Crippen LogP contribution < -0.4 is 10.1 Å². The van der Waals surface area contributed by atoms with Crippen molar-refractivity contribution in [2.24, 2.45) is 0 Å². The minimum Gasteiger partial charge on any atom is -0.481 e. The van der Waals surface area contributed by atoms with E-state index >= 15 is 0 Å². The SMILES string of the molecule is COc1ccnc(NC2(C)CCOC2)n1. The fourth-order valence-corrected chi connectivity index (χ4v) is 1.55. The van der Waals surface area contributed by atoms with E-state index in [0.29, 0.717) is 18.4 Å². The quantitative estimate of drug-likeness (QED) is 0.807. The number of anilines is 1. The van der Waals surface area contributed by atoms with Crippen molar-refractivity contribution >= 4 is 5.95 Å². The van der Waals surface area contributed by atoms with E-state index in [1.165, 1.54) is 0 Å². The molecule has 5 heteroatoms. The summed E-state index contributed by atoms with van der Waals surface area (Å²) in [5.41, 5.74) is -0.0631. The number of hydrogen-bond donors (Lipinski definition) is 1. The Balaban J connectivity index is 2.09. The van der Waals surface area contributed by atoms with Crippen LogP contribution in [0.25, 0.3) is 0 Å². The highest BCUT2D eigenvalue weighted by Gasteiger charge is 2.30. The van der Waals surface area contributed by atoms with E-state index in [9.17, 15) is 0 Å². The number of rotatable bonds is 3. The van der Waals surface area contributed by atoms with Crippen LogP contribution in [-0.2, 0) is 4.74 Å². The van der Waals surface area contributed by atoms with Crippen LogP contribution in [0.15, 0.2) is 12.3 Å². The van der Waals surface area contributed by atoms with E-state index in [-0.39, 0.29) is 5.54 Å². The molecule has 1 N–H and O–H groups in total. The fraction of sp³-hybridized carbons (Fsp3) is 0.600. The third-order valence-corrected chi connectivity index (χ3v) is 2.47. The maximum Gasteiger partial charge on any atom is 0.226 e. The predicted octanol–water partition coefficient (Wildman–Crippen LogP) is 1.08. The molecule has 1 aromatic rings. The van der Waals surface area contributed by atoms with Gasteiger partial charge in [-0.3, -0.25) is 0 Å². The average molecular weight is 209 g/mol. The van der Waals surface area contributed by atoms with Crippen molar-refractivity contribution in [1.29, 1.82) is 0 Å². The lowest BCUT2D eigenvalue weighted by atomic mass is 10.0. The van der Waals surface area contributed by atoms with E-state index in [0.717, 1.165) is 13.0 Å². The zero-order valence-corrected chi connectivity index (χ0v) is 8.99. The van der Waals surface area contributed by atoms with Crippen molar-refractivity contribution in [3.63, 3.8) is 0 Å². The van der Waals surface area contributed by atoms with Gasteiger partial charge in [0.2, 0.25) is 11.8 Å². The summed E-state index contributed by atoms with van der Waals surface area (Å²) in [5.74, 6) is 1.15. The van der Waals surface area contributed by atoms with E-state index in [1.807, 2.05) is 0 Å². The van der Waals surface area contributed by atoms with Gasteiger partial charge < -0.3 is 14.8 Å². The second-order valence-corrected chi connectivity index (χ2v) is 3.91. The number of nitrogens with zero attached hydrogens (tertiary/aromatic N) is 2. The van der Waals surface area contributed by atoms with Crippen molar-refractivity contribution in [1.82, 2.24) is 9.97 Å². The molecule has 1 unspecified atom stereocenters. The van der Waals surface area contributed by atoms with Crippen LogP contribution in [0.2, 0.25) is 0 Å². The number of nitrogens with one attached hydrogen (secondary N) is 1. The van der Waals surface area contributed by atoms with Crippen LogP contribution in [0.1, 0.15) is 13.3 Å². The van der Waals surface area contributed by atoms with Crippen LogP contribution in [-0.4, -0.2) is 35.8 Å². The zero-order chi connectivity index (χ0) is 10.7. The Hall–Kier alpha value is -1.36. The summed E-state index contributed by atoms with van der Waals surface area (Å²) in [4.78, 5) is 8.34. The van der Waals surface area contributed by atoms with Crippen molar-refractivity contribution < 1.29 is 9.47 Å². The molecule has 82 valence electrons. The van der Waals surface area contributed by atoms with Gasteiger partial charge >= 0.3 is 0 Å². The topological polar surface area (TPSA) is 56.3 Å². The Morgan fingerprint density at radius 2 is 2.47 bits per heavy atom. The largest absolute Gasteiger partial charge is 0.481 e. The minimum atomic E-state index is -0.0631. The van der Waals surface area contributed by atoms with E-state index < -0.39 is 0 Å². The third kappa shape index (κ3) is 2.36. The maximum absolute atomic E-state index is 5.34. The van der Waals surface area contributed by atoms with Gasteiger partial charge in [-0.15, -0.1) is 0 Å². The van der Waals surface area contributed by atoms with Crippen LogP contribution in [0, 0.1) is 0 Å². The molecule has 0 spiro atoms. The van der Waals surface area contributed by atoms with Crippen LogP contribution in [0.4, 0.5) is 5.95 Å². The van der Waals surface area contributed by atoms with Crippen molar-refractivity contribution in [3.05, 3.63) is 12.3 Å². The molecule has 15 heavy (non-hydrogen) atoms.